The number of carbonyl (C=O) groups is 2. The molecule has 8 nitrogen and oxygen atoms in total. The first-order valence-electron chi connectivity index (χ1n) is 9.09. The van der Waals surface area contributed by atoms with Gasteiger partial charge in [-0.15, -0.1) is 11.8 Å². The number of anilines is 2. The van der Waals surface area contributed by atoms with Crippen LogP contribution in [0.2, 0.25) is 0 Å². The van der Waals surface area contributed by atoms with Gasteiger partial charge < -0.3 is 20.1 Å². The van der Waals surface area contributed by atoms with Crippen molar-refractivity contribution >= 4 is 44.8 Å². The first-order chi connectivity index (χ1) is 14.2. The lowest BCUT2D eigenvalue weighted by Gasteiger charge is -2.21. The lowest BCUT2D eigenvalue weighted by molar-refractivity contribution is -0.116. The zero-order valence-corrected chi connectivity index (χ0v) is 18.4. The lowest BCUT2D eigenvalue weighted by Crippen LogP contribution is -2.26. The molecule has 2 N–H and O–H groups in total. The molecule has 0 aliphatic carbocycles. The molecule has 10 heteroatoms. The maximum atomic E-state index is 12.7. The molecule has 0 saturated carbocycles. The summed E-state index contributed by atoms with van der Waals surface area (Å²) in [6.07, 6.45) is -0.225. The van der Waals surface area contributed by atoms with Crippen molar-refractivity contribution in [1.82, 2.24) is 0 Å². The van der Waals surface area contributed by atoms with Crippen LogP contribution >= 0.6 is 11.8 Å². The Morgan fingerprint density at radius 1 is 1.13 bits per heavy atom. The quantitative estimate of drug-likeness (QED) is 0.667. The van der Waals surface area contributed by atoms with Crippen LogP contribution in [0, 0.1) is 0 Å². The predicted molar refractivity (Wildman–Crippen MR) is 115 cm³/mol. The first kappa shape index (κ1) is 22.0. The van der Waals surface area contributed by atoms with Gasteiger partial charge in [0.1, 0.15) is 11.5 Å². The van der Waals surface area contributed by atoms with Crippen molar-refractivity contribution in [3.63, 3.8) is 0 Å². The van der Waals surface area contributed by atoms with E-state index in [1.807, 2.05) is 0 Å². The molecule has 0 saturated heterocycles. The van der Waals surface area contributed by atoms with Gasteiger partial charge in [-0.3, -0.25) is 9.59 Å². The molecule has 30 heavy (non-hydrogen) atoms. The van der Waals surface area contributed by atoms with Crippen LogP contribution < -0.4 is 20.1 Å². The SMILES string of the molecule is COc1cc(NC(=O)CCS(=O)(=O)c2ccc3c(c2)NC(=O)[C@H](C)S3)cc(OC)c1. The highest BCUT2D eigenvalue weighted by Gasteiger charge is 2.25. The number of ether oxygens (including phenoxy) is 2. The van der Waals surface area contributed by atoms with Crippen molar-refractivity contribution in [1.29, 1.82) is 0 Å². The Kier molecular flexibility index (Phi) is 6.57. The number of fused-ring (bicyclic) bond motifs is 1. The number of amides is 2. The van der Waals surface area contributed by atoms with Gasteiger partial charge >= 0.3 is 0 Å². The van der Waals surface area contributed by atoms with Gasteiger partial charge in [0.05, 0.1) is 35.8 Å². The number of hydrogen-bond donors (Lipinski definition) is 2. The van der Waals surface area contributed by atoms with E-state index in [0.29, 0.717) is 22.9 Å². The molecule has 1 aliphatic heterocycles. The van der Waals surface area contributed by atoms with Crippen LogP contribution in [-0.2, 0) is 19.4 Å². The van der Waals surface area contributed by atoms with Crippen molar-refractivity contribution < 1.29 is 27.5 Å². The number of nitrogens with one attached hydrogen (secondary N) is 2. The van der Waals surface area contributed by atoms with Gasteiger partial charge in [-0.05, 0) is 25.1 Å². The second-order valence-electron chi connectivity index (χ2n) is 6.63. The molecule has 0 unspecified atom stereocenters. The molecule has 0 spiro atoms. The molecule has 0 radical (unpaired) electrons. The van der Waals surface area contributed by atoms with Gasteiger partial charge in [-0.25, -0.2) is 8.42 Å². The van der Waals surface area contributed by atoms with E-state index < -0.39 is 15.7 Å². The number of sulfone groups is 1. The van der Waals surface area contributed by atoms with Gasteiger partial charge in [0.25, 0.3) is 0 Å². The van der Waals surface area contributed by atoms with Crippen molar-refractivity contribution in [2.24, 2.45) is 0 Å². The number of hydrogen-bond acceptors (Lipinski definition) is 7. The number of benzene rings is 2. The van der Waals surface area contributed by atoms with Crippen molar-refractivity contribution in [2.45, 2.75) is 28.4 Å². The molecule has 1 heterocycles. The second-order valence-corrected chi connectivity index (χ2v) is 10.1. The molecule has 1 atom stereocenters. The van der Waals surface area contributed by atoms with Gasteiger partial charge in [0.15, 0.2) is 9.84 Å². The van der Waals surface area contributed by atoms with E-state index in [1.165, 1.54) is 38.1 Å². The normalized spacial score (nSPS) is 15.7. The molecule has 2 amide bonds. The highest BCUT2D eigenvalue weighted by atomic mass is 32.2. The van der Waals surface area contributed by atoms with Crippen molar-refractivity contribution in [3.8, 4) is 11.5 Å². The summed E-state index contributed by atoms with van der Waals surface area (Å²) < 4.78 is 35.7. The molecule has 2 aromatic rings. The third-order valence-electron chi connectivity index (χ3n) is 4.47. The Morgan fingerprint density at radius 3 is 2.43 bits per heavy atom. The number of rotatable bonds is 7. The van der Waals surface area contributed by atoms with Crippen LogP contribution in [0.25, 0.3) is 0 Å². The average molecular weight is 451 g/mol. The lowest BCUT2D eigenvalue weighted by atomic mass is 10.2. The van der Waals surface area contributed by atoms with E-state index in [9.17, 15) is 18.0 Å². The van der Waals surface area contributed by atoms with E-state index in [2.05, 4.69) is 10.6 Å². The summed E-state index contributed by atoms with van der Waals surface area (Å²) in [6, 6.07) is 9.49. The molecule has 1 aliphatic rings. The Hall–Kier alpha value is -2.72. The molecular formula is C20H22N2O6S2. The first-order valence-corrected chi connectivity index (χ1v) is 11.6. The minimum atomic E-state index is -3.71. The number of methoxy groups -OCH3 is 2. The summed E-state index contributed by atoms with van der Waals surface area (Å²) >= 11 is 1.37. The second kappa shape index (κ2) is 8.97. The predicted octanol–water partition coefficient (Wildman–Crippen LogP) is 2.94. The maximum Gasteiger partial charge on any atom is 0.237 e. The number of thioether (sulfide) groups is 1. The molecule has 2 aromatic carbocycles. The largest absolute Gasteiger partial charge is 0.497 e. The maximum absolute atomic E-state index is 12.7. The third kappa shape index (κ3) is 5.06. The fourth-order valence-corrected chi connectivity index (χ4v) is 5.02. The van der Waals surface area contributed by atoms with Gasteiger partial charge in [0, 0.05) is 35.2 Å². The van der Waals surface area contributed by atoms with Crippen molar-refractivity contribution in [2.75, 3.05) is 30.6 Å². The zero-order chi connectivity index (χ0) is 21.9. The zero-order valence-electron chi connectivity index (χ0n) is 16.7. The van der Waals surface area contributed by atoms with E-state index in [4.69, 9.17) is 9.47 Å². The van der Waals surface area contributed by atoms with Crippen LogP contribution in [0.3, 0.4) is 0 Å². The summed E-state index contributed by atoms with van der Waals surface area (Å²) in [5.41, 5.74) is 0.910. The van der Waals surface area contributed by atoms with Crippen LogP contribution in [0.4, 0.5) is 11.4 Å². The molecule has 0 aromatic heterocycles. The minimum absolute atomic E-state index is 0.0625. The molecular weight excluding hydrogens is 428 g/mol. The Labute approximate surface area is 179 Å². The van der Waals surface area contributed by atoms with E-state index in [0.717, 1.165) is 4.90 Å². The highest BCUT2D eigenvalue weighted by molar-refractivity contribution is 8.01. The summed E-state index contributed by atoms with van der Waals surface area (Å²) in [6.45, 7) is 1.78. The van der Waals surface area contributed by atoms with Crippen LogP contribution in [0.15, 0.2) is 46.2 Å². The summed E-state index contributed by atoms with van der Waals surface area (Å²) in [5.74, 6) is 0.0109. The van der Waals surface area contributed by atoms with Crippen LogP contribution in [0.5, 0.6) is 11.5 Å². The highest BCUT2D eigenvalue weighted by Crippen LogP contribution is 2.37. The monoisotopic (exact) mass is 450 g/mol. The fourth-order valence-electron chi connectivity index (χ4n) is 2.83. The molecule has 0 fully saturated rings. The topological polar surface area (TPSA) is 111 Å². The smallest absolute Gasteiger partial charge is 0.237 e. The number of carbonyl (C=O) groups excluding carboxylic acids is 2. The van der Waals surface area contributed by atoms with Crippen LogP contribution in [0.1, 0.15) is 13.3 Å². The summed E-state index contributed by atoms with van der Waals surface area (Å²) in [5, 5.41) is 5.13. The summed E-state index contributed by atoms with van der Waals surface area (Å²) in [7, 11) is -0.722. The van der Waals surface area contributed by atoms with E-state index >= 15 is 0 Å². The standard InChI is InChI=1S/C20H22N2O6S2/c1-12-20(24)22-17-11-16(4-5-18(17)29-12)30(25,26)7-6-19(23)21-13-8-14(27-2)10-15(9-13)28-3/h4-5,8-12H,6-7H2,1-3H3,(H,21,23)(H,22,24)/t12-/m0/s1. The third-order valence-corrected chi connectivity index (χ3v) is 7.37. The summed E-state index contributed by atoms with van der Waals surface area (Å²) in [4.78, 5) is 25.0. The van der Waals surface area contributed by atoms with Gasteiger partial charge in [0.2, 0.25) is 11.8 Å². The molecule has 160 valence electrons. The van der Waals surface area contributed by atoms with E-state index in [1.54, 1.807) is 31.2 Å². The van der Waals surface area contributed by atoms with Gasteiger partial charge in [-0.1, -0.05) is 0 Å². The van der Waals surface area contributed by atoms with Gasteiger partial charge in [-0.2, -0.15) is 0 Å². The Morgan fingerprint density at radius 2 is 1.80 bits per heavy atom. The minimum Gasteiger partial charge on any atom is -0.497 e. The fraction of sp³-hybridized carbons (Fsp3) is 0.300. The Balaban J connectivity index is 1.67. The molecule has 3 rings (SSSR count). The van der Waals surface area contributed by atoms with Crippen molar-refractivity contribution in [3.05, 3.63) is 36.4 Å². The Bertz CT molecular complexity index is 1060. The average Bonchev–Trinajstić information content (AvgIpc) is 2.72. The van der Waals surface area contributed by atoms with E-state index in [-0.39, 0.29) is 28.2 Å². The molecule has 0 bridgehead atoms. The van der Waals surface area contributed by atoms with Crippen LogP contribution in [-0.4, -0.2) is 45.5 Å².